The molecule has 0 spiro atoms. The predicted molar refractivity (Wildman–Crippen MR) is 82.2 cm³/mol. The molecule has 0 aromatic heterocycles. The van der Waals surface area contributed by atoms with Gasteiger partial charge in [-0.05, 0) is 12.1 Å². The summed E-state index contributed by atoms with van der Waals surface area (Å²) in [5.74, 6) is -0.348. The molecule has 0 aliphatic carbocycles. The molecule has 106 valence electrons. The second-order valence-electron chi connectivity index (χ2n) is 4.24. The van der Waals surface area contributed by atoms with Gasteiger partial charge < -0.3 is 5.32 Å². The van der Waals surface area contributed by atoms with Crippen molar-refractivity contribution >= 4 is 46.0 Å². The Hall–Kier alpha value is -1.53. The molecular weight excluding hydrogens is 298 g/mol. The molecule has 1 aliphatic rings. The zero-order chi connectivity index (χ0) is 14.7. The maximum atomic E-state index is 12.0. The maximum Gasteiger partial charge on any atom is 0.242 e. The molecule has 1 atom stereocenters. The highest BCUT2D eigenvalue weighted by Crippen LogP contribution is 2.29. The average molecular weight is 312 g/mol. The highest BCUT2D eigenvalue weighted by atomic mass is 35.5. The second-order valence-corrected chi connectivity index (χ2v) is 5.82. The summed E-state index contributed by atoms with van der Waals surface area (Å²) in [5, 5.41) is 3.38. The zero-order valence-electron chi connectivity index (χ0n) is 11.1. The molecule has 20 heavy (non-hydrogen) atoms. The lowest BCUT2D eigenvalue weighted by Crippen LogP contribution is -2.30. The molecule has 1 aromatic carbocycles. The molecule has 7 heteroatoms. The van der Waals surface area contributed by atoms with Crippen LogP contribution in [0, 0.1) is 0 Å². The standard InChI is InChI=1S/C13H14ClN3O2S/c1-15-13-17(2)12(19)10(20-13)7-11(18)16-9-6-4-3-5-8(9)14/h3-6,10H,7H2,1-2H3,(H,16,18)/t10-/m0/s1. The fourth-order valence-corrected chi connectivity index (χ4v) is 3.12. The topological polar surface area (TPSA) is 61.8 Å². The van der Waals surface area contributed by atoms with E-state index in [0.29, 0.717) is 15.9 Å². The quantitative estimate of drug-likeness (QED) is 0.931. The van der Waals surface area contributed by atoms with Crippen molar-refractivity contribution < 1.29 is 9.59 Å². The number of thioether (sulfide) groups is 1. The SMILES string of the molecule is CN=C1S[C@@H](CC(=O)Nc2ccccc2Cl)C(=O)N1C. The normalized spacial score (nSPS) is 20.6. The number of halogens is 1. The number of aliphatic imine (C=N–C) groups is 1. The van der Waals surface area contributed by atoms with Crippen molar-refractivity contribution in [1.82, 2.24) is 4.90 Å². The number of carbonyl (C=O) groups is 2. The summed E-state index contributed by atoms with van der Waals surface area (Å²) in [6.07, 6.45) is 0.0953. The Morgan fingerprint density at radius 3 is 2.80 bits per heavy atom. The van der Waals surface area contributed by atoms with Crippen molar-refractivity contribution in [3.05, 3.63) is 29.3 Å². The van der Waals surface area contributed by atoms with E-state index in [9.17, 15) is 9.59 Å². The van der Waals surface area contributed by atoms with Gasteiger partial charge >= 0.3 is 0 Å². The van der Waals surface area contributed by atoms with Crippen molar-refractivity contribution in [2.24, 2.45) is 4.99 Å². The number of anilines is 1. The van der Waals surface area contributed by atoms with Gasteiger partial charge in [0.05, 0.1) is 10.7 Å². The van der Waals surface area contributed by atoms with Crippen LogP contribution in [0.1, 0.15) is 6.42 Å². The number of amides is 2. The summed E-state index contributed by atoms with van der Waals surface area (Å²) in [4.78, 5) is 29.4. The number of benzene rings is 1. The van der Waals surface area contributed by atoms with Crippen LogP contribution in [0.2, 0.25) is 5.02 Å². The lowest BCUT2D eigenvalue weighted by Gasteiger charge is -2.09. The van der Waals surface area contributed by atoms with Crippen molar-refractivity contribution in [3.63, 3.8) is 0 Å². The van der Waals surface area contributed by atoms with Gasteiger partial charge in [0.15, 0.2) is 5.17 Å². The largest absolute Gasteiger partial charge is 0.325 e. The molecule has 2 amide bonds. The monoisotopic (exact) mass is 311 g/mol. The van der Waals surface area contributed by atoms with Crippen LogP contribution in [-0.2, 0) is 9.59 Å². The summed E-state index contributed by atoms with van der Waals surface area (Å²) in [5.41, 5.74) is 0.548. The molecular formula is C13H14ClN3O2S. The minimum atomic E-state index is -0.429. The van der Waals surface area contributed by atoms with E-state index >= 15 is 0 Å². The van der Waals surface area contributed by atoms with Crippen LogP contribution in [0.5, 0.6) is 0 Å². The number of carbonyl (C=O) groups excluding carboxylic acids is 2. The maximum absolute atomic E-state index is 12.0. The Kier molecular flexibility index (Phi) is 4.67. The van der Waals surface area contributed by atoms with E-state index < -0.39 is 5.25 Å². The fourth-order valence-electron chi connectivity index (χ4n) is 1.83. The van der Waals surface area contributed by atoms with E-state index in [1.54, 1.807) is 38.4 Å². The van der Waals surface area contributed by atoms with Crippen LogP contribution in [0.3, 0.4) is 0 Å². The Morgan fingerprint density at radius 1 is 1.50 bits per heavy atom. The summed E-state index contributed by atoms with van der Waals surface area (Å²) in [7, 11) is 3.28. The van der Waals surface area contributed by atoms with E-state index in [2.05, 4.69) is 10.3 Å². The predicted octanol–water partition coefficient (Wildman–Crippen LogP) is 2.23. The molecule has 0 unspecified atom stereocenters. The summed E-state index contributed by atoms with van der Waals surface area (Å²) < 4.78 is 0. The summed E-state index contributed by atoms with van der Waals surface area (Å²) >= 11 is 7.27. The van der Waals surface area contributed by atoms with Crippen molar-refractivity contribution in [1.29, 1.82) is 0 Å². The smallest absolute Gasteiger partial charge is 0.242 e. The first kappa shape index (κ1) is 14.9. The highest BCUT2D eigenvalue weighted by molar-refractivity contribution is 8.15. The molecule has 0 saturated carbocycles. The Morgan fingerprint density at radius 2 is 2.20 bits per heavy atom. The van der Waals surface area contributed by atoms with Crippen LogP contribution in [0.4, 0.5) is 5.69 Å². The number of para-hydroxylation sites is 1. The molecule has 1 aromatic rings. The van der Waals surface area contributed by atoms with Gasteiger partial charge in [-0.25, -0.2) is 0 Å². The van der Waals surface area contributed by atoms with Gasteiger partial charge in [0.2, 0.25) is 11.8 Å². The zero-order valence-corrected chi connectivity index (χ0v) is 12.7. The van der Waals surface area contributed by atoms with Crippen LogP contribution in [0.25, 0.3) is 0 Å². The van der Waals surface area contributed by atoms with Crippen LogP contribution in [0.15, 0.2) is 29.3 Å². The summed E-state index contributed by atoms with van der Waals surface area (Å²) in [6, 6.07) is 6.98. The lowest BCUT2D eigenvalue weighted by molar-refractivity contribution is -0.127. The first-order valence-electron chi connectivity index (χ1n) is 5.98. The minimum Gasteiger partial charge on any atom is -0.325 e. The van der Waals surface area contributed by atoms with E-state index in [4.69, 9.17) is 11.6 Å². The number of amidine groups is 1. The first-order chi connectivity index (χ1) is 9.52. The molecule has 1 N–H and O–H groups in total. The van der Waals surface area contributed by atoms with Crippen LogP contribution in [-0.4, -0.2) is 41.2 Å². The van der Waals surface area contributed by atoms with Crippen molar-refractivity contribution in [3.8, 4) is 0 Å². The molecule has 1 heterocycles. The second kappa shape index (κ2) is 6.28. The first-order valence-corrected chi connectivity index (χ1v) is 7.24. The van der Waals surface area contributed by atoms with Gasteiger partial charge in [0.25, 0.3) is 0 Å². The Bertz CT molecular complexity index is 576. The number of rotatable bonds is 3. The Balaban J connectivity index is 1.99. The third-order valence-electron chi connectivity index (χ3n) is 2.85. The molecule has 0 radical (unpaired) electrons. The number of hydrogen-bond acceptors (Lipinski definition) is 4. The van der Waals surface area contributed by atoms with Crippen LogP contribution >= 0.6 is 23.4 Å². The third-order valence-corrected chi connectivity index (χ3v) is 4.50. The van der Waals surface area contributed by atoms with Gasteiger partial charge in [-0.1, -0.05) is 35.5 Å². The van der Waals surface area contributed by atoms with Crippen molar-refractivity contribution in [2.75, 3.05) is 19.4 Å². The minimum absolute atomic E-state index is 0.0953. The van der Waals surface area contributed by atoms with E-state index in [0.717, 1.165) is 0 Å². The van der Waals surface area contributed by atoms with Gasteiger partial charge in [-0.2, -0.15) is 0 Å². The van der Waals surface area contributed by atoms with Crippen LogP contribution < -0.4 is 5.32 Å². The molecule has 2 rings (SSSR count). The lowest BCUT2D eigenvalue weighted by atomic mass is 10.2. The molecule has 5 nitrogen and oxygen atoms in total. The van der Waals surface area contributed by atoms with E-state index in [1.165, 1.54) is 16.7 Å². The third kappa shape index (κ3) is 3.13. The van der Waals surface area contributed by atoms with Gasteiger partial charge in [-0.3, -0.25) is 19.5 Å². The number of nitrogens with one attached hydrogen (secondary N) is 1. The summed E-state index contributed by atoms with van der Waals surface area (Å²) in [6.45, 7) is 0. The molecule has 0 bridgehead atoms. The average Bonchev–Trinajstić information content (AvgIpc) is 2.69. The highest BCUT2D eigenvalue weighted by Gasteiger charge is 2.36. The van der Waals surface area contributed by atoms with Crippen molar-refractivity contribution in [2.45, 2.75) is 11.7 Å². The number of nitrogens with zero attached hydrogens (tertiary/aromatic N) is 2. The molecule has 1 fully saturated rings. The van der Waals surface area contributed by atoms with E-state index in [1.807, 2.05) is 0 Å². The van der Waals surface area contributed by atoms with Gasteiger partial charge in [-0.15, -0.1) is 0 Å². The van der Waals surface area contributed by atoms with Gasteiger partial charge in [0, 0.05) is 20.5 Å². The fraction of sp³-hybridized carbons (Fsp3) is 0.308. The molecule has 1 aliphatic heterocycles. The number of hydrogen-bond donors (Lipinski definition) is 1. The van der Waals surface area contributed by atoms with Gasteiger partial charge in [0.1, 0.15) is 5.25 Å². The Labute approximate surface area is 126 Å². The molecule has 1 saturated heterocycles. The van der Waals surface area contributed by atoms with E-state index in [-0.39, 0.29) is 18.2 Å².